The second-order valence-electron chi connectivity index (χ2n) is 5.15. The van der Waals surface area contributed by atoms with Gasteiger partial charge >= 0.3 is 5.97 Å². The molecule has 0 bridgehead atoms. The molecule has 0 aliphatic carbocycles. The van der Waals surface area contributed by atoms with E-state index in [1.165, 1.54) is 0 Å². The smallest absolute Gasteiger partial charge is 0.322 e. The van der Waals surface area contributed by atoms with E-state index in [9.17, 15) is 28.4 Å². The van der Waals surface area contributed by atoms with Crippen LogP contribution in [0.25, 0.3) is 0 Å². The summed E-state index contributed by atoms with van der Waals surface area (Å²) in [6, 6.07) is 13.2. The number of aliphatic carboxylic acids is 1. The number of sulfone groups is 1. The molecule has 2 aromatic carbocycles. The minimum Gasteiger partial charge on any atom is -0.480 e. The quantitative estimate of drug-likeness (QED) is 0.606. The molecule has 0 saturated carbocycles. The van der Waals surface area contributed by atoms with Crippen LogP contribution in [0.1, 0.15) is 12.0 Å². The topological polar surface area (TPSA) is 115 Å². The van der Waals surface area contributed by atoms with E-state index in [1.807, 2.05) is 6.07 Å². The summed E-state index contributed by atoms with van der Waals surface area (Å²) in [5, 5.41) is 18.3. The maximum Gasteiger partial charge on any atom is 0.322 e. The molecule has 0 aliphatic heterocycles. The van der Waals surface area contributed by atoms with Crippen LogP contribution in [0, 0.1) is 10.1 Å². The Balaban J connectivity index is 2.25. The van der Waals surface area contributed by atoms with Crippen molar-refractivity contribution in [2.75, 3.05) is 0 Å². The lowest BCUT2D eigenvalue weighted by atomic mass is 10.1. The summed E-state index contributed by atoms with van der Waals surface area (Å²) in [5.41, 5.74) is 0.577. The van der Waals surface area contributed by atoms with Gasteiger partial charge in [0.2, 0.25) is 0 Å². The molecule has 0 aliphatic rings. The number of carbonyl (C=O) groups is 1. The zero-order chi connectivity index (χ0) is 17.7. The van der Waals surface area contributed by atoms with Gasteiger partial charge in [-0.25, -0.2) is 8.42 Å². The van der Waals surface area contributed by atoms with Crippen LogP contribution in [0.5, 0.6) is 0 Å². The van der Waals surface area contributed by atoms with Crippen molar-refractivity contribution >= 4 is 21.5 Å². The van der Waals surface area contributed by atoms with Crippen molar-refractivity contribution in [1.29, 1.82) is 0 Å². The number of nitrogens with zero attached hydrogens (tertiary/aromatic N) is 1. The Hall–Kier alpha value is -2.74. The zero-order valence-electron chi connectivity index (χ0n) is 12.5. The highest BCUT2D eigenvalue weighted by molar-refractivity contribution is 7.92. The Bertz CT molecular complexity index is 831. The van der Waals surface area contributed by atoms with Gasteiger partial charge in [0.1, 0.15) is 0 Å². The summed E-state index contributed by atoms with van der Waals surface area (Å²) in [6.07, 6.45) is 0.211. The van der Waals surface area contributed by atoms with Crippen LogP contribution in [0.2, 0.25) is 0 Å². The Morgan fingerprint density at radius 1 is 1.08 bits per heavy atom. The Morgan fingerprint density at radius 3 is 2.17 bits per heavy atom. The lowest BCUT2D eigenvalue weighted by molar-refractivity contribution is -0.384. The van der Waals surface area contributed by atoms with Crippen molar-refractivity contribution < 1.29 is 23.2 Å². The molecular weight excluding hydrogens is 334 g/mol. The van der Waals surface area contributed by atoms with Crippen LogP contribution in [0.3, 0.4) is 0 Å². The molecule has 2 rings (SSSR count). The van der Waals surface area contributed by atoms with Crippen LogP contribution < -0.4 is 0 Å². The van der Waals surface area contributed by atoms with E-state index in [0.29, 0.717) is 6.42 Å². The highest BCUT2D eigenvalue weighted by Gasteiger charge is 2.33. The van der Waals surface area contributed by atoms with Gasteiger partial charge in [0.25, 0.3) is 5.69 Å². The van der Waals surface area contributed by atoms with E-state index in [2.05, 4.69) is 0 Å². The van der Waals surface area contributed by atoms with Crippen LogP contribution >= 0.6 is 0 Å². The fourth-order valence-electron chi connectivity index (χ4n) is 2.28. The molecule has 8 heteroatoms. The third-order valence-corrected chi connectivity index (χ3v) is 5.68. The molecular formula is C16H15NO6S. The lowest BCUT2D eigenvalue weighted by Crippen LogP contribution is -2.30. The number of non-ortho nitro benzene ring substituents is 1. The van der Waals surface area contributed by atoms with Crippen molar-refractivity contribution in [3.05, 3.63) is 70.3 Å². The summed E-state index contributed by atoms with van der Waals surface area (Å²) in [7, 11) is -4.14. The van der Waals surface area contributed by atoms with Crippen LogP contribution in [0.15, 0.2) is 59.5 Å². The van der Waals surface area contributed by atoms with Crippen molar-refractivity contribution in [3.63, 3.8) is 0 Å². The van der Waals surface area contributed by atoms with Crippen molar-refractivity contribution in [2.45, 2.75) is 23.0 Å². The van der Waals surface area contributed by atoms with Crippen molar-refractivity contribution in [2.24, 2.45) is 0 Å². The second-order valence-corrected chi connectivity index (χ2v) is 7.28. The minimum atomic E-state index is -4.14. The van der Waals surface area contributed by atoms with E-state index in [0.717, 1.165) is 29.8 Å². The standard InChI is InChI=1S/C16H15NO6S/c18-16(19)15(11-6-12-4-2-1-3-5-12)24(22,23)14-9-7-13(8-10-14)17(20)21/h1-5,7-10,15H,6,11H2,(H,18,19)/t15-/m1/s1. The first-order valence-electron chi connectivity index (χ1n) is 7.07. The van der Waals surface area contributed by atoms with Crippen molar-refractivity contribution in [3.8, 4) is 0 Å². The van der Waals surface area contributed by atoms with Gasteiger partial charge in [-0.3, -0.25) is 14.9 Å². The number of carboxylic acid groups (broad SMARTS) is 1. The predicted octanol–water partition coefficient (Wildman–Crippen LogP) is 2.45. The van der Waals surface area contributed by atoms with Gasteiger partial charge in [-0.2, -0.15) is 0 Å². The van der Waals surface area contributed by atoms with E-state index >= 15 is 0 Å². The second kappa shape index (κ2) is 7.22. The van der Waals surface area contributed by atoms with Gasteiger partial charge in [0.15, 0.2) is 15.1 Å². The molecule has 126 valence electrons. The Morgan fingerprint density at radius 2 is 1.67 bits per heavy atom. The Labute approximate surface area is 138 Å². The highest BCUT2D eigenvalue weighted by Crippen LogP contribution is 2.23. The first-order valence-corrected chi connectivity index (χ1v) is 8.62. The maximum atomic E-state index is 12.5. The number of aryl methyl sites for hydroxylation is 1. The molecule has 0 aromatic heterocycles. The van der Waals surface area contributed by atoms with E-state index < -0.39 is 26.0 Å². The Kier molecular flexibility index (Phi) is 5.30. The number of nitro benzene ring substituents is 1. The molecule has 2 aromatic rings. The highest BCUT2D eigenvalue weighted by atomic mass is 32.2. The number of benzene rings is 2. The molecule has 0 saturated heterocycles. The third-order valence-electron chi connectivity index (χ3n) is 3.56. The van der Waals surface area contributed by atoms with Gasteiger partial charge in [0.05, 0.1) is 9.82 Å². The number of hydrogen-bond donors (Lipinski definition) is 1. The van der Waals surface area contributed by atoms with E-state index in [4.69, 9.17) is 0 Å². The first-order chi connectivity index (χ1) is 11.3. The van der Waals surface area contributed by atoms with Gasteiger partial charge in [-0.1, -0.05) is 30.3 Å². The zero-order valence-corrected chi connectivity index (χ0v) is 13.3. The van der Waals surface area contributed by atoms with Crippen LogP contribution in [-0.4, -0.2) is 29.7 Å². The molecule has 7 nitrogen and oxygen atoms in total. The number of carboxylic acids is 1. The van der Waals surface area contributed by atoms with Gasteiger partial charge < -0.3 is 5.11 Å². The molecule has 0 radical (unpaired) electrons. The summed E-state index contributed by atoms with van der Waals surface area (Å²) < 4.78 is 25.1. The molecule has 0 amide bonds. The van der Waals surface area contributed by atoms with Gasteiger partial charge in [-0.05, 0) is 30.5 Å². The predicted molar refractivity (Wildman–Crippen MR) is 86.5 cm³/mol. The lowest BCUT2D eigenvalue weighted by Gasteiger charge is -2.13. The number of rotatable bonds is 7. The maximum absolute atomic E-state index is 12.5. The average Bonchev–Trinajstić information content (AvgIpc) is 2.55. The van der Waals surface area contributed by atoms with Crippen LogP contribution in [-0.2, 0) is 21.1 Å². The largest absolute Gasteiger partial charge is 0.480 e. The molecule has 0 heterocycles. The summed E-state index contributed by atoms with van der Waals surface area (Å²) in [6.45, 7) is 0. The number of hydrogen-bond acceptors (Lipinski definition) is 5. The monoisotopic (exact) mass is 349 g/mol. The van der Waals surface area contributed by atoms with Crippen molar-refractivity contribution in [1.82, 2.24) is 0 Å². The van der Waals surface area contributed by atoms with E-state index in [-0.39, 0.29) is 17.0 Å². The summed E-state index contributed by atoms with van der Waals surface area (Å²) >= 11 is 0. The normalized spacial score (nSPS) is 12.5. The molecule has 0 unspecified atom stereocenters. The SMILES string of the molecule is O=C(O)[C@@H](CCc1ccccc1)S(=O)(=O)c1ccc([N+](=O)[O-])cc1. The summed E-state index contributed by atoms with van der Waals surface area (Å²) in [5.74, 6) is -1.44. The number of nitro groups is 1. The fraction of sp³-hybridized carbons (Fsp3) is 0.188. The summed E-state index contributed by atoms with van der Waals surface area (Å²) in [4.78, 5) is 21.2. The molecule has 0 fully saturated rings. The van der Waals surface area contributed by atoms with E-state index in [1.54, 1.807) is 24.3 Å². The van der Waals surface area contributed by atoms with Gasteiger partial charge in [0, 0.05) is 12.1 Å². The fourth-order valence-corrected chi connectivity index (χ4v) is 3.81. The minimum absolute atomic E-state index is 0.0847. The molecule has 24 heavy (non-hydrogen) atoms. The van der Waals surface area contributed by atoms with Crippen LogP contribution in [0.4, 0.5) is 5.69 Å². The third kappa shape index (κ3) is 3.96. The van der Waals surface area contributed by atoms with Gasteiger partial charge in [-0.15, -0.1) is 0 Å². The molecule has 1 atom stereocenters. The first kappa shape index (κ1) is 17.6. The molecule has 0 spiro atoms. The molecule has 1 N–H and O–H groups in total. The average molecular weight is 349 g/mol.